The average Bonchev–Trinajstić information content (AvgIpc) is 2.33. The second kappa shape index (κ2) is 4.86. The SMILES string of the molecule is Nc1ccc(Cc2ccc(N)c(Cl)c2Cl)cc1. The Morgan fingerprint density at radius 3 is 2.12 bits per heavy atom. The number of benzene rings is 2. The summed E-state index contributed by atoms with van der Waals surface area (Å²) < 4.78 is 0. The highest BCUT2D eigenvalue weighted by molar-refractivity contribution is 6.44. The molecule has 2 aromatic rings. The van der Waals surface area contributed by atoms with Gasteiger partial charge in [0.1, 0.15) is 0 Å². The van der Waals surface area contributed by atoms with E-state index >= 15 is 0 Å². The number of nitrogen functional groups attached to an aromatic ring is 2. The Hall–Kier alpha value is -1.38. The van der Waals surface area contributed by atoms with Crippen LogP contribution in [0.3, 0.4) is 0 Å². The predicted molar refractivity (Wildman–Crippen MR) is 74.5 cm³/mol. The van der Waals surface area contributed by atoms with Crippen LogP contribution in [0.25, 0.3) is 0 Å². The van der Waals surface area contributed by atoms with Gasteiger partial charge in [-0.1, -0.05) is 41.4 Å². The third-order valence-corrected chi connectivity index (χ3v) is 3.50. The van der Waals surface area contributed by atoms with E-state index in [0.29, 0.717) is 22.2 Å². The van der Waals surface area contributed by atoms with Crippen LogP contribution < -0.4 is 11.5 Å². The van der Waals surface area contributed by atoms with Crippen LogP contribution in [0.4, 0.5) is 11.4 Å². The Morgan fingerprint density at radius 1 is 0.824 bits per heavy atom. The average molecular weight is 267 g/mol. The molecule has 0 bridgehead atoms. The molecule has 0 atom stereocenters. The zero-order valence-corrected chi connectivity index (χ0v) is 10.6. The lowest BCUT2D eigenvalue weighted by atomic mass is 10.0. The van der Waals surface area contributed by atoms with Gasteiger partial charge in [0.15, 0.2) is 0 Å². The first kappa shape index (κ1) is 12.1. The van der Waals surface area contributed by atoms with Crippen molar-refractivity contribution < 1.29 is 0 Å². The Bertz CT molecular complexity index is 536. The molecule has 0 heterocycles. The highest BCUT2D eigenvalue weighted by Crippen LogP contribution is 2.32. The van der Waals surface area contributed by atoms with E-state index < -0.39 is 0 Å². The summed E-state index contributed by atoms with van der Waals surface area (Å²) in [6, 6.07) is 11.3. The zero-order valence-electron chi connectivity index (χ0n) is 9.08. The van der Waals surface area contributed by atoms with Crippen molar-refractivity contribution in [1.82, 2.24) is 0 Å². The molecule has 0 amide bonds. The summed E-state index contributed by atoms with van der Waals surface area (Å²) in [5.41, 5.74) is 14.6. The molecular weight excluding hydrogens is 255 g/mol. The first-order valence-electron chi connectivity index (χ1n) is 5.14. The van der Waals surface area contributed by atoms with Crippen LogP contribution in [0.2, 0.25) is 10.0 Å². The number of hydrogen-bond donors (Lipinski definition) is 2. The van der Waals surface area contributed by atoms with Gasteiger partial charge < -0.3 is 11.5 Å². The maximum absolute atomic E-state index is 6.14. The van der Waals surface area contributed by atoms with Crippen LogP contribution in [0.5, 0.6) is 0 Å². The van der Waals surface area contributed by atoms with Crippen LogP contribution in [0.15, 0.2) is 36.4 Å². The Kier molecular flexibility index (Phi) is 3.46. The van der Waals surface area contributed by atoms with Crippen molar-refractivity contribution in [1.29, 1.82) is 0 Å². The topological polar surface area (TPSA) is 52.0 Å². The predicted octanol–water partition coefficient (Wildman–Crippen LogP) is 3.75. The van der Waals surface area contributed by atoms with Crippen LogP contribution in [0, 0.1) is 0 Å². The molecule has 0 fully saturated rings. The third kappa shape index (κ3) is 2.65. The van der Waals surface area contributed by atoms with Crippen molar-refractivity contribution in [3.63, 3.8) is 0 Å². The monoisotopic (exact) mass is 266 g/mol. The lowest BCUT2D eigenvalue weighted by Crippen LogP contribution is -1.94. The third-order valence-electron chi connectivity index (χ3n) is 2.57. The second-order valence-electron chi connectivity index (χ2n) is 3.86. The van der Waals surface area contributed by atoms with E-state index in [9.17, 15) is 0 Å². The van der Waals surface area contributed by atoms with Crippen LogP contribution in [-0.2, 0) is 6.42 Å². The maximum atomic E-state index is 6.14. The molecule has 0 unspecified atom stereocenters. The van der Waals surface area contributed by atoms with Gasteiger partial charge in [0, 0.05) is 5.69 Å². The van der Waals surface area contributed by atoms with Crippen LogP contribution in [-0.4, -0.2) is 0 Å². The van der Waals surface area contributed by atoms with Gasteiger partial charge in [-0.05, 0) is 35.7 Å². The van der Waals surface area contributed by atoms with E-state index in [1.165, 1.54) is 0 Å². The maximum Gasteiger partial charge on any atom is 0.0824 e. The molecule has 4 heteroatoms. The van der Waals surface area contributed by atoms with Gasteiger partial charge in [-0.2, -0.15) is 0 Å². The van der Waals surface area contributed by atoms with E-state index in [-0.39, 0.29) is 0 Å². The Labute approximate surface area is 110 Å². The van der Waals surface area contributed by atoms with Crippen molar-refractivity contribution in [3.8, 4) is 0 Å². The molecule has 2 nitrogen and oxygen atoms in total. The van der Waals surface area contributed by atoms with Crippen molar-refractivity contribution >= 4 is 34.6 Å². The molecule has 4 N–H and O–H groups in total. The van der Waals surface area contributed by atoms with E-state index in [1.807, 2.05) is 30.3 Å². The van der Waals surface area contributed by atoms with Crippen molar-refractivity contribution in [3.05, 3.63) is 57.6 Å². The summed E-state index contributed by atoms with van der Waals surface area (Å²) in [5, 5.41) is 0.933. The molecule has 2 aromatic carbocycles. The zero-order chi connectivity index (χ0) is 12.4. The standard InChI is InChI=1S/C13H12Cl2N2/c14-12-9(3-6-11(17)13(12)15)7-8-1-4-10(16)5-2-8/h1-6H,7,16-17H2. The van der Waals surface area contributed by atoms with Gasteiger partial charge in [-0.3, -0.25) is 0 Å². The number of nitrogens with two attached hydrogens (primary N) is 2. The molecule has 0 aromatic heterocycles. The number of anilines is 2. The molecule has 0 aliphatic rings. The highest BCUT2D eigenvalue weighted by Gasteiger charge is 2.08. The van der Waals surface area contributed by atoms with E-state index in [1.54, 1.807) is 6.07 Å². The summed E-state index contributed by atoms with van der Waals surface area (Å²) in [6.45, 7) is 0. The molecular formula is C13H12Cl2N2. The van der Waals surface area contributed by atoms with Gasteiger partial charge in [0.05, 0.1) is 15.7 Å². The van der Waals surface area contributed by atoms with E-state index in [0.717, 1.165) is 16.8 Å². The molecule has 2 rings (SSSR count). The normalized spacial score (nSPS) is 10.5. The summed E-state index contributed by atoms with van der Waals surface area (Å²) in [7, 11) is 0. The summed E-state index contributed by atoms with van der Waals surface area (Å²) >= 11 is 12.1. The summed E-state index contributed by atoms with van der Waals surface area (Å²) in [5.74, 6) is 0. The highest BCUT2D eigenvalue weighted by atomic mass is 35.5. The Morgan fingerprint density at radius 2 is 1.47 bits per heavy atom. The van der Waals surface area contributed by atoms with E-state index in [2.05, 4.69) is 0 Å². The lowest BCUT2D eigenvalue weighted by Gasteiger charge is -2.08. The molecule has 0 saturated heterocycles. The minimum absolute atomic E-state index is 0.416. The molecule has 0 aliphatic heterocycles. The van der Waals surface area contributed by atoms with Crippen molar-refractivity contribution in [2.24, 2.45) is 0 Å². The van der Waals surface area contributed by atoms with Gasteiger partial charge in [0.2, 0.25) is 0 Å². The number of hydrogen-bond acceptors (Lipinski definition) is 2. The van der Waals surface area contributed by atoms with E-state index in [4.69, 9.17) is 34.7 Å². The first-order valence-corrected chi connectivity index (χ1v) is 5.90. The minimum atomic E-state index is 0.416. The number of rotatable bonds is 2. The van der Waals surface area contributed by atoms with Crippen molar-refractivity contribution in [2.75, 3.05) is 11.5 Å². The Balaban J connectivity index is 2.30. The molecule has 0 aliphatic carbocycles. The molecule has 0 spiro atoms. The molecule has 0 radical (unpaired) electrons. The first-order chi connectivity index (χ1) is 8.08. The summed E-state index contributed by atoms with van der Waals surface area (Å²) in [4.78, 5) is 0. The smallest absolute Gasteiger partial charge is 0.0824 e. The fourth-order valence-electron chi connectivity index (χ4n) is 1.60. The van der Waals surface area contributed by atoms with Crippen molar-refractivity contribution in [2.45, 2.75) is 6.42 Å². The van der Waals surface area contributed by atoms with Crippen LogP contribution in [0.1, 0.15) is 11.1 Å². The molecule has 0 saturated carbocycles. The lowest BCUT2D eigenvalue weighted by molar-refractivity contribution is 1.19. The second-order valence-corrected chi connectivity index (χ2v) is 4.62. The van der Waals surface area contributed by atoms with Gasteiger partial charge in [0.25, 0.3) is 0 Å². The fraction of sp³-hybridized carbons (Fsp3) is 0.0769. The number of halogens is 2. The van der Waals surface area contributed by atoms with Crippen LogP contribution >= 0.6 is 23.2 Å². The quantitative estimate of drug-likeness (QED) is 0.814. The van der Waals surface area contributed by atoms with Gasteiger partial charge in [-0.15, -0.1) is 0 Å². The minimum Gasteiger partial charge on any atom is -0.399 e. The molecule has 88 valence electrons. The van der Waals surface area contributed by atoms with Gasteiger partial charge in [-0.25, -0.2) is 0 Å². The largest absolute Gasteiger partial charge is 0.399 e. The molecule has 17 heavy (non-hydrogen) atoms. The summed E-state index contributed by atoms with van der Waals surface area (Å²) in [6.07, 6.45) is 0.707. The fourth-order valence-corrected chi connectivity index (χ4v) is 2.02. The van der Waals surface area contributed by atoms with Gasteiger partial charge >= 0.3 is 0 Å².